The number of methoxy groups -OCH3 is 1. The van der Waals surface area contributed by atoms with Crippen LogP contribution in [0.3, 0.4) is 0 Å². The highest BCUT2D eigenvalue weighted by atomic mass is 19.4. The van der Waals surface area contributed by atoms with Crippen molar-refractivity contribution in [3.05, 3.63) is 132 Å². The van der Waals surface area contributed by atoms with Gasteiger partial charge in [-0.3, -0.25) is 9.59 Å². The molecule has 0 saturated carbocycles. The molecule has 0 spiro atoms. The van der Waals surface area contributed by atoms with Crippen LogP contribution in [0.1, 0.15) is 16.7 Å². The molecule has 4 aromatic carbocycles. The number of amides is 2. The molecule has 0 bridgehead atoms. The third-order valence-electron chi connectivity index (χ3n) is 6.79. The molecule has 1 heterocycles. The van der Waals surface area contributed by atoms with Crippen molar-refractivity contribution in [3.63, 3.8) is 0 Å². The first-order valence-corrected chi connectivity index (χ1v) is 13.8. The van der Waals surface area contributed by atoms with E-state index in [1.165, 1.54) is 30.1 Å². The van der Waals surface area contributed by atoms with Gasteiger partial charge in [-0.1, -0.05) is 42.5 Å². The second kappa shape index (κ2) is 13.3. The Labute approximate surface area is 264 Å². The average Bonchev–Trinajstić information content (AvgIpc) is 3.47. The van der Waals surface area contributed by atoms with Gasteiger partial charge in [0.25, 0.3) is 11.8 Å². The summed E-state index contributed by atoms with van der Waals surface area (Å²) in [6.45, 7) is 0. The van der Waals surface area contributed by atoms with Crippen molar-refractivity contribution in [3.8, 4) is 22.7 Å². The minimum atomic E-state index is -4.71. The van der Waals surface area contributed by atoms with Gasteiger partial charge in [0.15, 0.2) is 0 Å². The molecule has 0 radical (unpaired) electrons. The van der Waals surface area contributed by atoms with Crippen molar-refractivity contribution in [2.24, 2.45) is 0 Å². The maximum absolute atomic E-state index is 13.6. The maximum atomic E-state index is 13.6. The van der Waals surface area contributed by atoms with Gasteiger partial charge in [0.2, 0.25) is 0 Å². The Morgan fingerprint density at radius 1 is 0.723 bits per heavy atom. The largest absolute Gasteiger partial charge is 0.497 e. The van der Waals surface area contributed by atoms with Crippen molar-refractivity contribution in [1.29, 1.82) is 0 Å². The van der Waals surface area contributed by atoms with Crippen LogP contribution in [0.15, 0.2) is 115 Å². The van der Waals surface area contributed by atoms with E-state index in [2.05, 4.69) is 15.7 Å². The van der Waals surface area contributed by atoms with E-state index in [-0.39, 0.29) is 16.9 Å². The van der Waals surface area contributed by atoms with E-state index in [0.717, 1.165) is 30.3 Å². The van der Waals surface area contributed by atoms with Gasteiger partial charge >= 0.3 is 12.4 Å². The number of nitrogens with zero attached hydrogens (tertiary/aromatic N) is 2. The van der Waals surface area contributed by atoms with Gasteiger partial charge in [-0.15, -0.1) is 0 Å². The highest BCUT2D eigenvalue weighted by molar-refractivity contribution is 6.29. The van der Waals surface area contributed by atoms with Crippen LogP contribution in [0.2, 0.25) is 0 Å². The lowest BCUT2D eigenvalue weighted by atomic mass is 10.0. The second-order valence-corrected chi connectivity index (χ2v) is 10.1. The third-order valence-corrected chi connectivity index (χ3v) is 6.79. The van der Waals surface area contributed by atoms with Crippen molar-refractivity contribution in [2.75, 3.05) is 17.7 Å². The molecule has 5 rings (SSSR count). The number of ether oxygens (including phenoxy) is 1. The van der Waals surface area contributed by atoms with Crippen molar-refractivity contribution in [1.82, 2.24) is 9.78 Å². The van der Waals surface area contributed by atoms with Crippen LogP contribution < -0.4 is 15.4 Å². The average molecular weight is 651 g/mol. The van der Waals surface area contributed by atoms with Crippen molar-refractivity contribution in [2.45, 2.75) is 12.4 Å². The number of anilines is 2. The van der Waals surface area contributed by atoms with Crippen LogP contribution in [0, 0.1) is 0 Å². The number of carbonyl (C=O) groups is 2. The number of halogens is 6. The molecule has 2 N–H and O–H groups in total. The van der Waals surface area contributed by atoms with Gasteiger partial charge in [-0.05, 0) is 66.7 Å². The van der Waals surface area contributed by atoms with E-state index < -0.39 is 40.9 Å². The predicted octanol–water partition coefficient (Wildman–Crippen LogP) is 8.25. The first-order chi connectivity index (χ1) is 22.3. The van der Waals surface area contributed by atoms with Crippen LogP contribution in [0.4, 0.5) is 37.7 Å². The zero-order valence-electron chi connectivity index (χ0n) is 24.4. The smallest absolute Gasteiger partial charge is 0.416 e. The Kier molecular flexibility index (Phi) is 9.17. The number of benzene rings is 4. The topological polar surface area (TPSA) is 85.2 Å². The fourth-order valence-electron chi connectivity index (χ4n) is 4.53. The summed E-state index contributed by atoms with van der Waals surface area (Å²) in [6.07, 6.45) is -6.73. The molecule has 47 heavy (non-hydrogen) atoms. The summed E-state index contributed by atoms with van der Waals surface area (Å²) in [6, 6.07) is 23.2. The number of aromatic nitrogens is 2. The molecule has 0 aliphatic heterocycles. The molecule has 0 aliphatic rings. The second-order valence-electron chi connectivity index (χ2n) is 10.1. The van der Waals surface area contributed by atoms with Crippen LogP contribution in [0.5, 0.6) is 5.75 Å². The number of para-hydroxylation sites is 1. The number of hydrogen-bond donors (Lipinski definition) is 2. The lowest BCUT2D eigenvalue weighted by molar-refractivity contribution is -0.138. The Hall–Kier alpha value is -5.85. The summed E-state index contributed by atoms with van der Waals surface area (Å²) < 4.78 is 86.9. The Bertz CT molecular complexity index is 1880. The molecule has 0 unspecified atom stereocenters. The number of rotatable bonds is 8. The van der Waals surface area contributed by atoms with Gasteiger partial charge in [0.05, 0.1) is 23.9 Å². The normalized spacial score (nSPS) is 11.5. The summed E-state index contributed by atoms with van der Waals surface area (Å²) in [5.74, 6) is -1.77. The van der Waals surface area contributed by atoms with E-state index in [0.29, 0.717) is 34.8 Å². The van der Waals surface area contributed by atoms with Crippen LogP contribution in [-0.2, 0) is 21.9 Å². The lowest BCUT2D eigenvalue weighted by Crippen LogP contribution is -2.25. The zero-order chi connectivity index (χ0) is 33.8. The van der Waals surface area contributed by atoms with Gasteiger partial charge in [0, 0.05) is 28.7 Å². The van der Waals surface area contributed by atoms with E-state index in [4.69, 9.17) is 4.74 Å². The van der Waals surface area contributed by atoms with E-state index in [1.54, 1.807) is 54.6 Å². The molecular weight excluding hydrogens is 626 g/mol. The summed E-state index contributed by atoms with van der Waals surface area (Å²) in [5, 5.41) is 9.24. The number of hydrogen-bond acceptors (Lipinski definition) is 4. The Balaban J connectivity index is 1.62. The number of carbonyl (C=O) groups excluding carboxylic acids is 2. The van der Waals surface area contributed by atoms with Crippen molar-refractivity contribution >= 4 is 29.3 Å². The number of nitrogens with one attached hydrogen (secondary N) is 2. The minimum Gasteiger partial charge on any atom is -0.497 e. The van der Waals surface area contributed by atoms with Crippen LogP contribution in [0.25, 0.3) is 23.0 Å². The van der Waals surface area contributed by atoms with E-state index in [9.17, 15) is 35.9 Å². The quantitative estimate of drug-likeness (QED) is 0.0767. The maximum Gasteiger partial charge on any atom is 0.416 e. The van der Waals surface area contributed by atoms with Gasteiger partial charge in [-0.2, -0.15) is 31.4 Å². The monoisotopic (exact) mass is 650 g/mol. The molecule has 0 atom stereocenters. The third kappa shape index (κ3) is 7.87. The van der Waals surface area contributed by atoms with E-state index >= 15 is 0 Å². The molecule has 2 amide bonds. The first kappa shape index (κ1) is 32.5. The van der Waals surface area contributed by atoms with Crippen molar-refractivity contribution < 1.29 is 40.7 Å². The summed E-state index contributed by atoms with van der Waals surface area (Å²) in [4.78, 5) is 27.2. The molecule has 240 valence electrons. The van der Waals surface area contributed by atoms with Gasteiger partial charge in [-0.25, -0.2) is 4.68 Å². The van der Waals surface area contributed by atoms with Gasteiger partial charge < -0.3 is 15.4 Å². The highest BCUT2D eigenvalue weighted by Crippen LogP contribution is 2.33. The summed E-state index contributed by atoms with van der Waals surface area (Å²) >= 11 is 0. The standard InChI is InChI=1S/C34H24F6N4O3/c1-47-28-15-5-8-21(16-28)30-22(20-44(43-30)27-13-3-2-4-14-27)17-29(31(45)41-25-11-6-9-23(18-25)33(35,36)37)32(46)42-26-12-7-10-24(19-26)34(38,39)40/h2-20H,1H3,(H,41,45)(H,42,46). The highest BCUT2D eigenvalue weighted by Gasteiger charge is 2.32. The molecule has 0 fully saturated rings. The first-order valence-electron chi connectivity index (χ1n) is 13.8. The molecular formula is C34H24F6N4O3. The fraction of sp³-hybridized carbons (Fsp3) is 0.0882. The minimum absolute atomic E-state index is 0.232. The van der Waals surface area contributed by atoms with Crippen LogP contribution in [-0.4, -0.2) is 28.7 Å². The summed E-state index contributed by atoms with van der Waals surface area (Å²) in [7, 11) is 1.47. The Morgan fingerprint density at radius 2 is 1.28 bits per heavy atom. The van der Waals surface area contributed by atoms with E-state index in [1.807, 2.05) is 0 Å². The molecule has 5 aromatic rings. The Morgan fingerprint density at radius 3 is 1.81 bits per heavy atom. The lowest BCUT2D eigenvalue weighted by Gasteiger charge is -2.13. The zero-order valence-corrected chi connectivity index (χ0v) is 24.4. The summed E-state index contributed by atoms with van der Waals surface area (Å²) in [5.41, 5.74) is -1.57. The molecule has 7 nitrogen and oxygen atoms in total. The SMILES string of the molecule is COc1cccc(-c2nn(-c3ccccc3)cc2C=C(C(=O)Nc2cccc(C(F)(F)F)c2)C(=O)Nc2cccc(C(F)(F)F)c2)c1. The van der Waals surface area contributed by atoms with Gasteiger partial charge in [0.1, 0.15) is 17.0 Å². The molecule has 1 aromatic heterocycles. The number of alkyl halides is 6. The molecule has 13 heteroatoms. The fourth-order valence-corrected chi connectivity index (χ4v) is 4.53. The van der Waals surface area contributed by atoms with Crippen LogP contribution >= 0.6 is 0 Å². The molecule has 0 saturated heterocycles. The predicted molar refractivity (Wildman–Crippen MR) is 164 cm³/mol. The molecule has 0 aliphatic carbocycles.